The predicted octanol–water partition coefficient (Wildman–Crippen LogP) is 0.395. The first-order valence-electron chi connectivity index (χ1n) is 3.14. The zero-order chi connectivity index (χ0) is 7.56. The number of nitrogens with two attached hydrogens (primary N) is 1. The Morgan fingerprint density at radius 2 is 2.40 bits per heavy atom. The van der Waals surface area contributed by atoms with Crippen molar-refractivity contribution in [2.75, 3.05) is 0 Å². The summed E-state index contributed by atoms with van der Waals surface area (Å²) in [6.45, 7) is 1.82. The Balaban J connectivity index is 3.07. The van der Waals surface area contributed by atoms with Crippen molar-refractivity contribution < 1.29 is 0 Å². The fourth-order valence-electron chi connectivity index (χ4n) is 0.726. The molecule has 0 aromatic carbocycles. The maximum Gasteiger partial charge on any atom is 0.181 e. The van der Waals surface area contributed by atoms with Crippen molar-refractivity contribution >= 4 is 0 Å². The van der Waals surface area contributed by atoms with E-state index in [1.165, 1.54) is 12.1 Å². The Morgan fingerprint density at radius 3 is 2.80 bits per heavy atom. The van der Waals surface area contributed by atoms with Gasteiger partial charge in [-0.15, -0.1) is 0 Å². The number of nitrogens with one attached hydrogen (secondary N) is 1. The highest BCUT2D eigenvalue weighted by atomic mass is 16.1. The molecule has 0 aliphatic rings. The van der Waals surface area contributed by atoms with Crippen molar-refractivity contribution in [2.45, 2.75) is 13.0 Å². The van der Waals surface area contributed by atoms with Crippen LogP contribution in [0.4, 0.5) is 0 Å². The van der Waals surface area contributed by atoms with Crippen LogP contribution in [0.2, 0.25) is 0 Å². The molecule has 0 bridgehead atoms. The average molecular weight is 138 g/mol. The Hall–Kier alpha value is -1.09. The molecule has 1 aromatic heterocycles. The Labute approximate surface area is 58.9 Å². The summed E-state index contributed by atoms with van der Waals surface area (Å²) in [5, 5.41) is 0. The molecule has 1 rings (SSSR count). The van der Waals surface area contributed by atoms with Gasteiger partial charge in [0.15, 0.2) is 5.43 Å². The number of rotatable bonds is 1. The highest BCUT2D eigenvalue weighted by molar-refractivity contribution is 5.07. The number of aromatic amines is 1. The zero-order valence-electron chi connectivity index (χ0n) is 5.79. The SMILES string of the molecule is C[C@@H](N)c1cc(=O)cc[nH]1. The molecule has 3 N–H and O–H groups in total. The molecule has 0 fully saturated rings. The van der Waals surface area contributed by atoms with E-state index in [2.05, 4.69) is 4.98 Å². The smallest absolute Gasteiger partial charge is 0.181 e. The first-order chi connectivity index (χ1) is 4.70. The van der Waals surface area contributed by atoms with Crippen molar-refractivity contribution in [2.24, 2.45) is 5.73 Å². The molecule has 1 heterocycles. The van der Waals surface area contributed by atoms with Gasteiger partial charge < -0.3 is 10.7 Å². The summed E-state index contributed by atoms with van der Waals surface area (Å²) in [7, 11) is 0. The summed E-state index contributed by atoms with van der Waals surface area (Å²) >= 11 is 0. The lowest BCUT2D eigenvalue weighted by Crippen LogP contribution is -2.10. The van der Waals surface area contributed by atoms with Crippen molar-refractivity contribution in [3.63, 3.8) is 0 Å². The average Bonchev–Trinajstić information content (AvgIpc) is 1.88. The monoisotopic (exact) mass is 138 g/mol. The van der Waals surface area contributed by atoms with E-state index in [9.17, 15) is 4.79 Å². The van der Waals surface area contributed by atoms with E-state index >= 15 is 0 Å². The molecule has 0 aliphatic heterocycles. The van der Waals surface area contributed by atoms with Crippen LogP contribution in [0.5, 0.6) is 0 Å². The second kappa shape index (κ2) is 2.66. The number of hydrogen-bond donors (Lipinski definition) is 2. The van der Waals surface area contributed by atoms with Gasteiger partial charge in [-0.3, -0.25) is 4.79 Å². The number of pyridine rings is 1. The lowest BCUT2D eigenvalue weighted by atomic mass is 10.2. The van der Waals surface area contributed by atoms with Crippen LogP contribution in [0.1, 0.15) is 18.7 Å². The molecule has 0 unspecified atom stereocenters. The second-order valence-corrected chi connectivity index (χ2v) is 2.27. The van der Waals surface area contributed by atoms with E-state index in [0.717, 1.165) is 5.69 Å². The largest absolute Gasteiger partial charge is 0.363 e. The van der Waals surface area contributed by atoms with Crippen LogP contribution in [0, 0.1) is 0 Å². The molecule has 0 aliphatic carbocycles. The van der Waals surface area contributed by atoms with E-state index in [0.29, 0.717) is 0 Å². The van der Waals surface area contributed by atoms with Crippen LogP contribution in [-0.4, -0.2) is 4.98 Å². The van der Waals surface area contributed by atoms with E-state index in [1.54, 1.807) is 6.20 Å². The summed E-state index contributed by atoms with van der Waals surface area (Å²) in [5.74, 6) is 0. The lowest BCUT2D eigenvalue weighted by Gasteiger charge is -2.02. The van der Waals surface area contributed by atoms with Crippen LogP contribution in [0.15, 0.2) is 23.1 Å². The van der Waals surface area contributed by atoms with Gasteiger partial charge in [0.05, 0.1) is 0 Å². The lowest BCUT2D eigenvalue weighted by molar-refractivity contribution is 0.779. The maximum atomic E-state index is 10.7. The topological polar surface area (TPSA) is 58.9 Å². The summed E-state index contributed by atoms with van der Waals surface area (Å²) in [5.41, 5.74) is 6.28. The van der Waals surface area contributed by atoms with Crippen LogP contribution in [0.25, 0.3) is 0 Å². The second-order valence-electron chi connectivity index (χ2n) is 2.27. The van der Waals surface area contributed by atoms with Gasteiger partial charge in [0.1, 0.15) is 0 Å². The molecule has 0 spiro atoms. The number of aromatic nitrogens is 1. The van der Waals surface area contributed by atoms with Gasteiger partial charge in [-0.25, -0.2) is 0 Å². The minimum absolute atomic E-state index is 0.00829. The highest BCUT2D eigenvalue weighted by Crippen LogP contribution is 1.99. The minimum atomic E-state index is -0.103. The van der Waals surface area contributed by atoms with Crippen LogP contribution >= 0.6 is 0 Å². The fourth-order valence-corrected chi connectivity index (χ4v) is 0.726. The molecular weight excluding hydrogens is 128 g/mol. The molecule has 3 nitrogen and oxygen atoms in total. The third-order valence-electron chi connectivity index (χ3n) is 1.29. The number of H-pyrrole nitrogens is 1. The molecule has 1 atom stereocenters. The molecule has 0 saturated carbocycles. The van der Waals surface area contributed by atoms with Crippen LogP contribution in [0.3, 0.4) is 0 Å². The summed E-state index contributed by atoms with van der Waals surface area (Å²) in [6, 6.07) is 2.87. The van der Waals surface area contributed by atoms with Crippen molar-refractivity contribution in [1.29, 1.82) is 0 Å². The molecule has 54 valence electrons. The summed E-state index contributed by atoms with van der Waals surface area (Å²) in [4.78, 5) is 13.6. The molecular formula is C7H10N2O. The Bertz CT molecular complexity index is 264. The molecule has 3 heteroatoms. The standard InChI is InChI=1S/C7H10N2O/c1-5(8)7-4-6(10)2-3-9-7/h2-5H,8H2,1H3,(H,9,10)/t5-/m1/s1. The maximum absolute atomic E-state index is 10.7. The van der Waals surface area contributed by atoms with Gasteiger partial charge in [0.25, 0.3) is 0 Å². The molecule has 0 amide bonds. The van der Waals surface area contributed by atoms with Gasteiger partial charge >= 0.3 is 0 Å². The molecule has 10 heavy (non-hydrogen) atoms. The fraction of sp³-hybridized carbons (Fsp3) is 0.286. The first-order valence-corrected chi connectivity index (χ1v) is 3.14. The van der Waals surface area contributed by atoms with E-state index in [1.807, 2.05) is 6.92 Å². The quantitative estimate of drug-likeness (QED) is 0.590. The third kappa shape index (κ3) is 1.45. The van der Waals surface area contributed by atoms with Gasteiger partial charge in [-0.05, 0) is 6.92 Å². The van der Waals surface area contributed by atoms with Gasteiger partial charge in [-0.2, -0.15) is 0 Å². The normalized spacial score (nSPS) is 13.0. The van der Waals surface area contributed by atoms with Crippen molar-refractivity contribution in [3.8, 4) is 0 Å². The molecule has 0 saturated heterocycles. The van der Waals surface area contributed by atoms with Gasteiger partial charge in [0.2, 0.25) is 0 Å². The predicted molar refractivity (Wildman–Crippen MR) is 39.7 cm³/mol. The molecule has 1 aromatic rings. The van der Waals surface area contributed by atoms with E-state index in [4.69, 9.17) is 5.73 Å². The van der Waals surface area contributed by atoms with Crippen LogP contribution in [-0.2, 0) is 0 Å². The van der Waals surface area contributed by atoms with Gasteiger partial charge in [0, 0.05) is 30.1 Å². The van der Waals surface area contributed by atoms with Gasteiger partial charge in [-0.1, -0.05) is 0 Å². The highest BCUT2D eigenvalue weighted by Gasteiger charge is 1.97. The number of hydrogen-bond acceptors (Lipinski definition) is 2. The first kappa shape index (κ1) is 7.02. The minimum Gasteiger partial charge on any atom is -0.363 e. The Kier molecular flexibility index (Phi) is 1.87. The van der Waals surface area contributed by atoms with E-state index < -0.39 is 0 Å². The van der Waals surface area contributed by atoms with Crippen LogP contribution < -0.4 is 11.2 Å². The van der Waals surface area contributed by atoms with Crippen molar-refractivity contribution in [3.05, 3.63) is 34.2 Å². The summed E-state index contributed by atoms with van der Waals surface area (Å²) < 4.78 is 0. The summed E-state index contributed by atoms with van der Waals surface area (Å²) in [6.07, 6.45) is 1.60. The zero-order valence-corrected chi connectivity index (χ0v) is 5.79. The van der Waals surface area contributed by atoms with E-state index in [-0.39, 0.29) is 11.5 Å². The van der Waals surface area contributed by atoms with Crippen molar-refractivity contribution in [1.82, 2.24) is 4.98 Å². The Morgan fingerprint density at radius 1 is 1.70 bits per heavy atom. The third-order valence-corrected chi connectivity index (χ3v) is 1.29. The molecule has 0 radical (unpaired) electrons.